The summed E-state index contributed by atoms with van der Waals surface area (Å²) in [5, 5.41) is 4.81. The molecular weight excluding hydrogens is 268 g/mol. The second-order valence-electron chi connectivity index (χ2n) is 5.63. The molecule has 106 valence electrons. The van der Waals surface area contributed by atoms with E-state index in [2.05, 4.69) is 67.4 Å². The first-order valence-corrected chi connectivity index (χ1v) is 7.45. The Morgan fingerprint density at radius 2 is 1.45 bits per heavy atom. The summed E-state index contributed by atoms with van der Waals surface area (Å²) in [5.41, 5.74) is 4.14. The molecule has 4 aromatic rings. The molecule has 0 atom stereocenters. The highest BCUT2D eigenvalue weighted by atomic mass is 14.8. The number of nitrogens with zero attached hydrogens (tertiary/aromatic N) is 2. The van der Waals surface area contributed by atoms with Crippen molar-refractivity contribution in [3.05, 3.63) is 72.1 Å². The SMILES string of the molecule is Cc1nc(-c2cc3ccccc3cn2)c(C)c2ccccc12. The van der Waals surface area contributed by atoms with Crippen LogP contribution in [0.4, 0.5) is 0 Å². The number of pyridine rings is 2. The third kappa shape index (κ3) is 1.96. The lowest BCUT2D eigenvalue weighted by molar-refractivity contribution is 1.18. The van der Waals surface area contributed by atoms with Crippen LogP contribution in [-0.2, 0) is 0 Å². The first-order valence-electron chi connectivity index (χ1n) is 7.45. The van der Waals surface area contributed by atoms with Gasteiger partial charge in [-0.25, -0.2) is 0 Å². The van der Waals surface area contributed by atoms with Gasteiger partial charge < -0.3 is 0 Å². The Balaban J connectivity index is 2.01. The van der Waals surface area contributed by atoms with E-state index in [0.29, 0.717) is 0 Å². The minimum absolute atomic E-state index is 0.935. The van der Waals surface area contributed by atoms with Gasteiger partial charge in [0, 0.05) is 22.7 Å². The van der Waals surface area contributed by atoms with Gasteiger partial charge in [-0.15, -0.1) is 0 Å². The number of aryl methyl sites for hydroxylation is 2. The molecule has 2 nitrogen and oxygen atoms in total. The number of hydrogen-bond donors (Lipinski definition) is 0. The van der Waals surface area contributed by atoms with E-state index in [1.54, 1.807) is 0 Å². The molecule has 0 aliphatic rings. The number of fused-ring (bicyclic) bond motifs is 2. The second-order valence-corrected chi connectivity index (χ2v) is 5.63. The van der Waals surface area contributed by atoms with Crippen molar-refractivity contribution in [3.8, 4) is 11.4 Å². The average molecular weight is 284 g/mol. The van der Waals surface area contributed by atoms with E-state index >= 15 is 0 Å². The van der Waals surface area contributed by atoms with Crippen LogP contribution >= 0.6 is 0 Å². The van der Waals surface area contributed by atoms with Crippen LogP contribution in [0.25, 0.3) is 32.9 Å². The molecule has 2 aromatic heterocycles. The number of benzene rings is 2. The molecule has 0 saturated carbocycles. The molecule has 2 aromatic carbocycles. The molecule has 2 heteroatoms. The summed E-state index contributed by atoms with van der Waals surface area (Å²) in [6.45, 7) is 4.19. The highest BCUT2D eigenvalue weighted by Gasteiger charge is 2.11. The van der Waals surface area contributed by atoms with Crippen LogP contribution in [0.1, 0.15) is 11.3 Å². The zero-order valence-electron chi connectivity index (χ0n) is 12.7. The van der Waals surface area contributed by atoms with E-state index in [9.17, 15) is 0 Å². The number of aromatic nitrogens is 2. The molecule has 22 heavy (non-hydrogen) atoms. The monoisotopic (exact) mass is 284 g/mol. The van der Waals surface area contributed by atoms with Gasteiger partial charge in [0.05, 0.1) is 11.4 Å². The minimum Gasteiger partial charge on any atom is -0.254 e. The largest absolute Gasteiger partial charge is 0.254 e. The van der Waals surface area contributed by atoms with Crippen molar-refractivity contribution in [3.63, 3.8) is 0 Å². The van der Waals surface area contributed by atoms with Gasteiger partial charge in [0.1, 0.15) is 0 Å². The van der Waals surface area contributed by atoms with Gasteiger partial charge in [0.15, 0.2) is 0 Å². The molecule has 0 spiro atoms. The van der Waals surface area contributed by atoms with E-state index in [1.165, 1.54) is 21.7 Å². The van der Waals surface area contributed by atoms with Crippen LogP contribution in [0.5, 0.6) is 0 Å². The van der Waals surface area contributed by atoms with Gasteiger partial charge in [-0.3, -0.25) is 9.97 Å². The van der Waals surface area contributed by atoms with Gasteiger partial charge in [0.2, 0.25) is 0 Å². The van der Waals surface area contributed by atoms with E-state index < -0.39 is 0 Å². The topological polar surface area (TPSA) is 25.8 Å². The lowest BCUT2D eigenvalue weighted by Crippen LogP contribution is -1.96. The predicted octanol–water partition coefficient (Wildman–Crippen LogP) is 5.07. The van der Waals surface area contributed by atoms with Crippen molar-refractivity contribution >= 4 is 21.5 Å². The molecule has 0 N–H and O–H groups in total. The van der Waals surface area contributed by atoms with Crippen LogP contribution < -0.4 is 0 Å². The zero-order chi connectivity index (χ0) is 15.1. The average Bonchev–Trinajstić information content (AvgIpc) is 2.58. The Bertz CT molecular complexity index is 1000. The summed E-state index contributed by atoms with van der Waals surface area (Å²) in [6.07, 6.45) is 1.93. The maximum atomic E-state index is 4.82. The number of hydrogen-bond acceptors (Lipinski definition) is 2. The van der Waals surface area contributed by atoms with Crippen LogP contribution in [0.2, 0.25) is 0 Å². The van der Waals surface area contributed by atoms with Crippen LogP contribution in [-0.4, -0.2) is 9.97 Å². The fraction of sp³-hybridized carbons (Fsp3) is 0.100. The van der Waals surface area contributed by atoms with Crippen molar-refractivity contribution in [1.29, 1.82) is 0 Å². The van der Waals surface area contributed by atoms with E-state index in [4.69, 9.17) is 4.98 Å². The molecule has 0 aliphatic heterocycles. The normalized spacial score (nSPS) is 11.2. The van der Waals surface area contributed by atoms with Crippen molar-refractivity contribution in [1.82, 2.24) is 9.97 Å². The highest BCUT2D eigenvalue weighted by molar-refractivity contribution is 5.92. The van der Waals surface area contributed by atoms with E-state index in [0.717, 1.165) is 22.5 Å². The fourth-order valence-corrected chi connectivity index (χ4v) is 3.03. The summed E-state index contributed by atoms with van der Waals surface area (Å²) in [5.74, 6) is 0. The first kappa shape index (κ1) is 13.0. The lowest BCUT2D eigenvalue weighted by Gasteiger charge is -2.11. The smallest absolute Gasteiger partial charge is 0.0925 e. The zero-order valence-corrected chi connectivity index (χ0v) is 12.7. The summed E-state index contributed by atoms with van der Waals surface area (Å²) < 4.78 is 0. The standard InChI is InChI=1S/C20H16N2/c1-13-17-9-5-6-10-18(17)14(2)22-20(13)19-11-15-7-3-4-8-16(15)12-21-19/h3-12H,1-2H3. The molecule has 0 amide bonds. The minimum atomic E-state index is 0.935. The van der Waals surface area contributed by atoms with Gasteiger partial charge in [-0.1, -0.05) is 48.5 Å². The molecule has 0 saturated heterocycles. The van der Waals surface area contributed by atoms with E-state index in [-0.39, 0.29) is 0 Å². The van der Waals surface area contributed by atoms with Gasteiger partial charge in [0.25, 0.3) is 0 Å². The van der Waals surface area contributed by atoms with Crippen molar-refractivity contribution in [2.45, 2.75) is 13.8 Å². The Morgan fingerprint density at radius 1 is 0.773 bits per heavy atom. The Morgan fingerprint density at radius 3 is 2.27 bits per heavy atom. The van der Waals surface area contributed by atoms with Crippen molar-refractivity contribution in [2.24, 2.45) is 0 Å². The summed E-state index contributed by atoms with van der Waals surface area (Å²) in [7, 11) is 0. The molecule has 0 bridgehead atoms. The Hall–Kier alpha value is -2.74. The molecule has 4 rings (SSSR count). The summed E-state index contributed by atoms with van der Waals surface area (Å²) in [4.78, 5) is 9.44. The van der Waals surface area contributed by atoms with Crippen LogP contribution in [0.3, 0.4) is 0 Å². The molecule has 0 fully saturated rings. The maximum Gasteiger partial charge on any atom is 0.0925 e. The van der Waals surface area contributed by atoms with Crippen LogP contribution in [0, 0.1) is 13.8 Å². The first-order chi connectivity index (χ1) is 10.7. The summed E-state index contributed by atoms with van der Waals surface area (Å²) in [6, 6.07) is 18.8. The van der Waals surface area contributed by atoms with Crippen molar-refractivity contribution in [2.75, 3.05) is 0 Å². The molecule has 0 aliphatic carbocycles. The number of rotatable bonds is 1. The quantitative estimate of drug-likeness (QED) is 0.488. The summed E-state index contributed by atoms with van der Waals surface area (Å²) >= 11 is 0. The van der Waals surface area contributed by atoms with Gasteiger partial charge in [-0.05, 0) is 36.2 Å². The van der Waals surface area contributed by atoms with E-state index in [1.807, 2.05) is 12.3 Å². The highest BCUT2D eigenvalue weighted by Crippen LogP contribution is 2.29. The molecular formula is C20H16N2. The van der Waals surface area contributed by atoms with Gasteiger partial charge in [-0.2, -0.15) is 0 Å². The molecule has 0 radical (unpaired) electrons. The fourth-order valence-electron chi connectivity index (χ4n) is 3.03. The lowest BCUT2D eigenvalue weighted by atomic mass is 10.0. The Kier molecular flexibility index (Phi) is 2.90. The maximum absolute atomic E-state index is 4.82. The Labute approximate surface area is 129 Å². The third-order valence-corrected chi connectivity index (χ3v) is 4.23. The van der Waals surface area contributed by atoms with Gasteiger partial charge >= 0.3 is 0 Å². The van der Waals surface area contributed by atoms with Crippen molar-refractivity contribution < 1.29 is 0 Å². The molecule has 2 heterocycles. The third-order valence-electron chi connectivity index (χ3n) is 4.23. The second kappa shape index (κ2) is 4.92. The predicted molar refractivity (Wildman–Crippen MR) is 92.0 cm³/mol. The van der Waals surface area contributed by atoms with Crippen LogP contribution in [0.15, 0.2) is 60.8 Å². The molecule has 0 unspecified atom stereocenters.